The maximum absolute atomic E-state index is 11.0. The van der Waals surface area contributed by atoms with Gasteiger partial charge in [-0.25, -0.2) is 0 Å². The molecule has 0 radical (unpaired) electrons. The van der Waals surface area contributed by atoms with E-state index in [-0.39, 0.29) is 29.7 Å². The lowest BCUT2D eigenvalue weighted by molar-refractivity contribution is 0.0972. The molecule has 7 heteroatoms. The first-order valence-corrected chi connectivity index (χ1v) is 7.87. The van der Waals surface area contributed by atoms with Gasteiger partial charge in [-0.05, 0) is 36.8 Å². The van der Waals surface area contributed by atoms with Crippen molar-refractivity contribution in [3.8, 4) is 0 Å². The van der Waals surface area contributed by atoms with Crippen LogP contribution in [0.15, 0.2) is 21.5 Å². The second-order valence-electron chi connectivity index (χ2n) is 5.91. The molecular weight excluding hydrogens is 407 g/mol. The van der Waals surface area contributed by atoms with E-state index in [2.05, 4.69) is 29.1 Å². The monoisotopic (exact) mass is 434 g/mol. The molecule has 23 heavy (non-hydrogen) atoms. The molecule has 1 fully saturated rings. The normalized spacial score (nSPS) is 17.0. The van der Waals surface area contributed by atoms with Crippen LogP contribution >= 0.6 is 24.0 Å². The van der Waals surface area contributed by atoms with Crippen LogP contribution in [-0.2, 0) is 6.54 Å². The predicted octanol–water partition coefficient (Wildman–Crippen LogP) is 2.58. The number of carbonyl (C=O) groups excluding carboxylic acids is 1. The van der Waals surface area contributed by atoms with Crippen LogP contribution in [0.2, 0.25) is 0 Å². The van der Waals surface area contributed by atoms with Crippen LogP contribution in [0.5, 0.6) is 0 Å². The fourth-order valence-corrected chi connectivity index (χ4v) is 3.05. The molecule has 2 rings (SSSR count). The zero-order valence-electron chi connectivity index (χ0n) is 14.1. The number of aliphatic imine (C=N–C) groups is 1. The van der Waals surface area contributed by atoms with Gasteiger partial charge in [-0.3, -0.25) is 9.79 Å². The number of nitrogens with one attached hydrogen (secondary N) is 1. The molecule has 130 valence electrons. The highest BCUT2D eigenvalue weighted by Gasteiger charge is 2.36. The van der Waals surface area contributed by atoms with Gasteiger partial charge in [0.05, 0.1) is 6.54 Å². The van der Waals surface area contributed by atoms with Crippen molar-refractivity contribution in [3.63, 3.8) is 0 Å². The summed E-state index contributed by atoms with van der Waals surface area (Å²) in [5.41, 5.74) is 5.59. The van der Waals surface area contributed by atoms with E-state index >= 15 is 0 Å². The van der Waals surface area contributed by atoms with Crippen LogP contribution in [0.4, 0.5) is 0 Å². The summed E-state index contributed by atoms with van der Waals surface area (Å²) in [5.74, 6) is 1.18. The molecule has 3 N–H and O–H groups in total. The summed E-state index contributed by atoms with van der Waals surface area (Å²) in [6.45, 7) is 7.06. The third-order valence-corrected chi connectivity index (χ3v) is 4.77. The lowest BCUT2D eigenvalue weighted by Gasteiger charge is -2.27. The number of amides is 1. The molecule has 1 aliphatic heterocycles. The highest BCUT2D eigenvalue weighted by atomic mass is 127. The summed E-state index contributed by atoms with van der Waals surface area (Å²) in [7, 11) is 1.79. The Balaban J connectivity index is 0.00000264. The zero-order valence-corrected chi connectivity index (χ0v) is 16.4. The van der Waals surface area contributed by atoms with Gasteiger partial charge in [-0.1, -0.05) is 13.8 Å². The Morgan fingerprint density at radius 3 is 2.61 bits per heavy atom. The molecule has 0 aromatic carbocycles. The van der Waals surface area contributed by atoms with Gasteiger partial charge in [0.25, 0.3) is 5.91 Å². The summed E-state index contributed by atoms with van der Waals surface area (Å²) < 4.78 is 5.38. The lowest BCUT2D eigenvalue weighted by Crippen LogP contribution is -2.40. The SMILES string of the molecule is CCC1(CC)CCN(C(=NC)NCc2ccc(C(N)=O)o2)C1.I. The third-order valence-electron chi connectivity index (χ3n) is 4.77. The molecule has 0 atom stereocenters. The minimum atomic E-state index is -0.550. The van der Waals surface area contributed by atoms with Gasteiger partial charge in [-0.2, -0.15) is 0 Å². The summed E-state index contributed by atoms with van der Waals surface area (Å²) in [6.07, 6.45) is 3.58. The Hall–Kier alpha value is -1.25. The number of likely N-dealkylation sites (tertiary alicyclic amines) is 1. The number of guanidine groups is 1. The molecule has 0 spiro atoms. The standard InChI is InChI=1S/C16H26N4O2.HI/c1-4-16(5-2)8-9-20(11-16)15(18-3)19-10-12-6-7-13(22-12)14(17)21;/h6-7H,4-5,8-11H2,1-3H3,(H2,17,21)(H,18,19);1H. The zero-order chi connectivity index (χ0) is 16.2. The average Bonchev–Trinajstić information content (AvgIpc) is 3.15. The van der Waals surface area contributed by atoms with Gasteiger partial charge >= 0.3 is 0 Å². The molecule has 2 heterocycles. The fourth-order valence-electron chi connectivity index (χ4n) is 3.05. The number of hydrogen-bond acceptors (Lipinski definition) is 3. The van der Waals surface area contributed by atoms with Crippen LogP contribution in [0.3, 0.4) is 0 Å². The van der Waals surface area contributed by atoms with Crippen molar-refractivity contribution < 1.29 is 9.21 Å². The van der Waals surface area contributed by atoms with E-state index in [1.54, 1.807) is 19.2 Å². The molecule has 1 aromatic rings. The molecular formula is C16H27IN4O2. The molecule has 6 nitrogen and oxygen atoms in total. The first-order chi connectivity index (χ1) is 10.5. The Morgan fingerprint density at radius 2 is 2.13 bits per heavy atom. The molecule has 1 amide bonds. The van der Waals surface area contributed by atoms with Gasteiger partial charge in [0.1, 0.15) is 5.76 Å². The average molecular weight is 434 g/mol. The van der Waals surface area contributed by atoms with E-state index in [4.69, 9.17) is 10.2 Å². The number of hydrogen-bond donors (Lipinski definition) is 2. The predicted molar refractivity (Wildman–Crippen MR) is 102 cm³/mol. The van der Waals surface area contributed by atoms with Gasteiger partial charge in [-0.15, -0.1) is 24.0 Å². The van der Waals surface area contributed by atoms with E-state index in [1.165, 1.54) is 19.3 Å². The number of furan rings is 1. The molecule has 1 saturated heterocycles. The molecule has 1 aromatic heterocycles. The Kier molecular flexibility index (Phi) is 7.37. The van der Waals surface area contributed by atoms with Crippen molar-refractivity contribution in [2.45, 2.75) is 39.7 Å². The van der Waals surface area contributed by atoms with E-state index in [0.29, 0.717) is 17.7 Å². The molecule has 0 saturated carbocycles. The van der Waals surface area contributed by atoms with Gasteiger partial charge < -0.3 is 20.4 Å². The Labute approximate surface area is 154 Å². The molecule has 0 unspecified atom stereocenters. The van der Waals surface area contributed by atoms with Crippen molar-refractivity contribution in [2.75, 3.05) is 20.1 Å². The number of nitrogens with zero attached hydrogens (tertiary/aromatic N) is 2. The van der Waals surface area contributed by atoms with Crippen molar-refractivity contribution >= 4 is 35.8 Å². The maximum Gasteiger partial charge on any atom is 0.284 e. The third kappa shape index (κ3) is 4.62. The smallest absolute Gasteiger partial charge is 0.284 e. The van der Waals surface area contributed by atoms with Crippen LogP contribution in [0.1, 0.15) is 49.4 Å². The van der Waals surface area contributed by atoms with Crippen molar-refractivity contribution in [3.05, 3.63) is 23.7 Å². The number of carbonyl (C=O) groups is 1. The van der Waals surface area contributed by atoms with Crippen LogP contribution in [0.25, 0.3) is 0 Å². The Bertz CT molecular complexity index is 552. The number of rotatable bonds is 5. The molecule has 0 aliphatic carbocycles. The van der Waals surface area contributed by atoms with Crippen LogP contribution in [0, 0.1) is 5.41 Å². The first kappa shape index (κ1) is 19.8. The van der Waals surface area contributed by atoms with E-state index in [9.17, 15) is 4.79 Å². The Morgan fingerprint density at radius 1 is 1.43 bits per heavy atom. The summed E-state index contributed by atoms with van der Waals surface area (Å²) in [4.78, 5) is 17.7. The maximum atomic E-state index is 11.0. The highest BCUT2D eigenvalue weighted by Crippen LogP contribution is 2.36. The summed E-state index contributed by atoms with van der Waals surface area (Å²) >= 11 is 0. The lowest BCUT2D eigenvalue weighted by atomic mass is 9.82. The molecule has 1 aliphatic rings. The van der Waals surface area contributed by atoms with Crippen LogP contribution in [-0.4, -0.2) is 36.9 Å². The summed E-state index contributed by atoms with van der Waals surface area (Å²) in [6, 6.07) is 3.35. The van der Waals surface area contributed by atoms with Gasteiger partial charge in [0.15, 0.2) is 11.7 Å². The second-order valence-corrected chi connectivity index (χ2v) is 5.91. The number of primary amides is 1. The van der Waals surface area contributed by atoms with Gasteiger partial charge in [0.2, 0.25) is 0 Å². The first-order valence-electron chi connectivity index (χ1n) is 7.87. The van der Waals surface area contributed by atoms with E-state index in [1.807, 2.05) is 0 Å². The quantitative estimate of drug-likeness (QED) is 0.424. The van der Waals surface area contributed by atoms with Crippen molar-refractivity contribution in [1.29, 1.82) is 0 Å². The number of halogens is 1. The number of nitrogens with two attached hydrogens (primary N) is 1. The van der Waals surface area contributed by atoms with Crippen molar-refractivity contribution in [2.24, 2.45) is 16.1 Å². The minimum Gasteiger partial charge on any atom is -0.454 e. The fraction of sp³-hybridized carbons (Fsp3) is 0.625. The van der Waals surface area contributed by atoms with Crippen molar-refractivity contribution in [1.82, 2.24) is 10.2 Å². The minimum absolute atomic E-state index is 0. The largest absolute Gasteiger partial charge is 0.454 e. The topological polar surface area (TPSA) is 83.9 Å². The van der Waals surface area contributed by atoms with E-state index < -0.39 is 5.91 Å². The molecule has 0 bridgehead atoms. The summed E-state index contributed by atoms with van der Waals surface area (Å²) in [5, 5.41) is 3.30. The second kappa shape index (κ2) is 8.56. The van der Waals surface area contributed by atoms with E-state index in [0.717, 1.165) is 19.0 Å². The van der Waals surface area contributed by atoms with Crippen LogP contribution < -0.4 is 11.1 Å². The highest BCUT2D eigenvalue weighted by molar-refractivity contribution is 14.0. The van der Waals surface area contributed by atoms with Gasteiger partial charge in [0, 0.05) is 20.1 Å².